The van der Waals surface area contributed by atoms with Crippen molar-refractivity contribution in [3.63, 3.8) is 0 Å². The van der Waals surface area contributed by atoms with E-state index in [1.165, 1.54) is 0 Å². The molecule has 0 aliphatic heterocycles. The van der Waals surface area contributed by atoms with Crippen molar-refractivity contribution >= 4 is 5.97 Å². The maximum Gasteiger partial charge on any atom is 0.320 e. The molecule has 2 unspecified atom stereocenters. The zero-order chi connectivity index (χ0) is 11.3. The SMILES string of the molecule is CC(C)OC(=O)CNC1CCCC1CO. The zero-order valence-electron chi connectivity index (χ0n) is 9.53. The van der Waals surface area contributed by atoms with Crippen molar-refractivity contribution in [2.75, 3.05) is 13.2 Å². The molecule has 2 atom stereocenters. The lowest BCUT2D eigenvalue weighted by molar-refractivity contribution is -0.146. The van der Waals surface area contributed by atoms with Crippen LogP contribution < -0.4 is 5.32 Å². The summed E-state index contributed by atoms with van der Waals surface area (Å²) in [5, 5.41) is 12.2. The number of esters is 1. The minimum atomic E-state index is -0.214. The molecule has 0 aromatic heterocycles. The summed E-state index contributed by atoms with van der Waals surface area (Å²) in [7, 11) is 0. The van der Waals surface area contributed by atoms with Crippen molar-refractivity contribution < 1.29 is 14.6 Å². The minimum Gasteiger partial charge on any atom is -0.462 e. The highest BCUT2D eigenvalue weighted by Gasteiger charge is 2.26. The van der Waals surface area contributed by atoms with Gasteiger partial charge in [0, 0.05) is 12.6 Å². The molecule has 1 saturated carbocycles. The highest BCUT2D eigenvalue weighted by atomic mass is 16.5. The molecular weight excluding hydrogens is 194 g/mol. The Labute approximate surface area is 91.0 Å². The lowest BCUT2D eigenvalue weighted by Gasteiger charge is -2.18. The molecule has 1 rings (SSSR count). The fourth-order valence-corrected chi connectivity index (χ4v) is 2.04. The van der Waals surface area contributed by atoms with E-state index < -0.39 is 0 Å². The third kappa shape index (κ3) is 4.18. The molecule has 1 fully saturated rings. The molecule has 4 heteroatoms. The van der Waals surface area contributed by atoms with Crippen LogP contribution in [0.15, 0.2) is 0 Å². The Bertz CT molecular complexity index is 206. The first-order valence-corrected chi connectivity index (χ1v) is 5.67. The van der Waals surface area contributed by atoms with Crippen molar-refractivity contribution in [3.8, 4) is 0 Å². The number of rotatable bonds is 5. The second kappa shape index (κ2) is 6.08. The second-order valence-corrected chi connectivity index (χ2v) is 4.40. The van der Waals surface area contributed by atoms with Crippen LogP contribution in [0.2, 0.25) is 0 Å². The molecule has 88 valence electrons. The molecule has 15 heavy (non-hydrogen) atoms. The summed E-state index contributed by atoms with van der Waals surface area (Å²) >= 11 is 0. The molecule has 0 bridgehead atoms. The summed E-state index contributed by atoms with van der Waals surface area (Å²) in [6.45, 7) is 4.13. The summed E-state index contributed by atoms with van der Waals surface area (Å²) in [6.07, 6.45) is 3.16. The molecule has 0 radical (unpaired) electrons. The third-order valence-corrected chi connectivity index (χ3v) is 2.77. The fraction of sp³-hybridized carbons (Fsp3) is 0.909. The molecule has 1 aliphatic carbocycles. The maximum absolute atomic E-state index is 11.3. The van der Waals surface area contributed by atoms with Crippen molar-refractivity contribution in [1.29, 1.82) is 0 Å². The van der Waals surface area contributed by atoms with Crippen LogP contribution in [-0.4, -0.2) is 36.4 Å². The summed E-state index contributed by atoms with van der Waals surface area (Å²) in [5.41, 5.74) is 0. The van der Waals surface area contributed by atoms with Crippen LogP contribution in [0.3, 0.4) is 0 Å². The number of aliphatic hydroxyl groups excluding tert-OH is 1. The van der Waals surface area contributed by atoms with Gasteiger partial charge in [0.2, 0.25) is 0 Å². The number of aliphatic hydroxyl groups is 1. The predicted octanol–water partition coefficient (Wildman–Crippen LogP) is 0.689. The first kappa shape index (κ1) is 12.5. The van der Waals surface area contributed by atoms with Crippen LogP contribution in [-0.2, 0) is 9.53 Å². The average molecular weight is 215 g/mol. The minimum absolute atomic E-state index is 0.0588. The van der Waals surface area contributed by atoms with Crippen LogP contribution >= 0.6 is 0 Å². The molecular formula is C11H21NO3. The molecule has 0 amide bonds. The first-order chi connectivity index (χ1) is 7.13. The van der Waals surface area contributed by atoms with E-state index in [2.05, 4.69) is 5.32 Å². The smallest absolute Gasteiger partial charge is 0.320 e. The lowest BCUT2D eigenvalue weighted by Crippen LogP contribution is -2.38. The van der Waals surface area contributed by atoms with Gasteiger partial charge in [0.15, 0.2) is 0 Å². The Morgan fingerprint density at radius 3 is 2.87 bits per heavy atom. The highest BCUT2D eigenvalue weighted by molar-refractivity contribution is 5.71. The van der Waals surface area contributed by atoms with Crippen molar-refractivity contribution in [1.82, 2.24) is 5.32 Å². The Morgan fingerprint density at radius 2 is 2.27 bits per heavy atom. The topological polar surface area (TPSA) is 58.6 Å². The van der Waals surface area contributed by atoms with Crippen molar-refractivity contribution in [2.45, 2.75) is 45.3 Å². The van der Waals surface area contributed by atoms with E-state index in [-0.39, 0.29) is 31.3 Å². The molecule has 0 saturated heterocycles. The van der Waals surface area contributed by atoms with E-state index in [4.69, 9.17) is 9.84 Å². The molecule has 0 spiro atoms. The largest absolute Gasteiger partial charge is 0.462 e. The molecule has 2 N–H and O–H groups in total. The zero-order valence-corrected chi connectivity index (χ0v) is 9.53. The van der Waals surface area contributed by atoms with Gasteiger partial charge in [-0.05, 0) is 32.6 Å². The van der Waals surface area contributed by atoms with Crippen LogP contribution in [0, 0.1) is 5.92 Å². The van der Waals surface area contributed by atoms with Crippen molar-refractivity contribution in [3.05, 3.63) is 0 Å². The summed E-state index contributed by atoms with van der Waals surface area (Å²) < 4.78 is 5.01. The molecule has 0 aromatic carbocycles. The van der Waals surface area contributed by atoms with Gasteiger partial charge in [-0.1, -0.05) is 6.42 Å². The maximum atomic E-state index is 11.3. The van der Waals surface area contributed by atoms with Crippen LogP contribution in [0.25, 0.3) is 0 Å². The van der Waals surface area contributed by atoms with E-state index in [1.807, 2.05) is 13.8 Å². The Balaban J connectivity index is 2.21. The van der Waals surface area contributed by atoms with Gasteiger partial charge in [-0.25, -0.2) is 0 Å². The van der Waals surface area contributed by atoms with Crippen LogP contribution in [0.4, 0.5) is 0 Å². The van der Waals surface area contributed by atoms with E-state index >= 15 is 0 Å². The second-order valence-electron chi connectivity index (χ2n) is 4.40. The number of ether oxygens (including phenoxy) is 1. The van der Waals surface area contributed by atoms with Gasteiger partial charge in [-0.15, -0.1) is 0 Å². The normalized spacial score (nSPS) is 25.9. The third-order valence-electron chi connectivity index (χ3n) is 2.77. The quantitative estimate of drug-likeness (QED) is 0.662. The highest BCUT2D eigenvalue weighted by Crippen LogP contribution is 2.24. The van der Waals surface area contributed by atoms with Gasteiger partial charge in [-0.2, -0.15) is 0 Å². The Morgan fingerprint density at radius 1 is 1.53 bits per heavy atom. The van der Waals surface area contributed by atoms with E-state index in [0.29, 0.717) is 5.92 Å². The van der Waals surface area contributed by atoms with Crippen LogP contribution in [0.1, 0.15) is 33.1 Å². The molecule has 4 nitrogen and oxygen atoms in total. The van der Waals surface area contributed by atoms with E-state index in [9.17, 15) is 4.79 Å². The lowest BCUT2D eigenvalue weighted by atomic mass is 10.1. The molecule has 0 heterocycles. The van der Waals surface area contributed by atoms with Gasteiger partial charge >= 0.3 is 5.97 Å². The first-order valence-electron chi connectivity index (χ1n) is 5.67. The number of carbonyl (C=O) groups is 1. The standard InChI is InChI=1S/C11H21NO3/c1-8(2)15-11(14)6-12-10-5-3-4-9(10)7-13/h8-10,12-13H,3-7H2,1-2H3. The van der Waals surface area contributed by atoms with Gasteiger partial charge < -0.3 is 15.2 Å². The molecule has 0 aromatic rings. The molecule has 1 aliphatic rings. The van der Waals surface area contributed by atoms with E-state index in [1.54, 1.807) is 0 Å². The number of hydrogen-bond acceptors (Lipinski definition) is 4. The van der Waals surface area contributed by atoms with Crippen molar-refractivity contribution in [2.24, 2.45) is 5.92 Å². The van der Waals surface area contributed by atoms with Crippen LogP contribution in [0.5, 0.6) is 0 Å². The van der Waals surface area contributed by atoms with Gasteiger partial charge in [0.25, 0.3) is 0 Å². The Kier molecular flexibility index (Phi) is 5.05. The van der Waals surface area contributed by atoms with E-state index in [0.717, 1.165) is 19.3 Å². The summed E-state index contributed by atoms with van der Waals surface area (Å²) in [5.74, 6) is 0.0884. The fourth-order valence-electron chi connectivity index (χ4n) is 2.04. The number of nitrogens with one attached hydrogen (secondary N) is 1. The number of hydrogen-bond donors (Lipinski definition) is 2. The average Bonchev–Trinajstić information content (AvgIpc) is 2.60. The number of carbonyl (C=O) groups excluding carboxylic acids is 1. The summed E-state index contributed by atoms with van der Waals surface area (Å²) in [6, 6.07) is 0.273. The van der Waals surface area contributed by atoms with Gasteiger partial charge in [0.05, 0.1) is 12.6 Å². The Hall–Kier alpha value is -0.610. The van der Waals surface area contributed by atoms with Gasteiger partial charge in [-0.3, -0.25) is 4.79 Å². The predicted molar refractivity (Wildman–Crippen MR) is 57.4 cm³/mol. The monoisotopic (exact) mass is 215 g/mol. The summed E-state index contributed by atoms with van der Waals surface area (Å²) in [4.78, 5) is 11.3. The van der Waals surface area contributed by atoms with Gasteiger partial charge in [0.1, 0.15) is 0 Å².